The molecule has 0 aliphatic rings. The molecule has 2 aromatic carbocycles. The minimum absolute atomic E-state index is 0.594. The maximum absolute atomic E-state index is 6.01. The number of rotatable bonds is 3. The molecule has 0 aliphatic carbocycles. The minimum Gasteiger partial charge on any atom is -0.461 e. The first kappa shape index (κ1) is 15.1. The molecule has 3 aromatic heterocycles. The van der Waals surface area contributed by atoms with Gasteiger partial charge in [-0.05, 0) is 42.0 Å². The average molecular weight is 361 g/mol. The smallest absolute Gasteiger partial charge is 0.198 e. The summed E-state index contributed by atoms with van der Waals surface area (Å²) >= 11 is 6.01. The maximum Gasteiger partial charge on any atom is 0.198 e. The fraction of sp³-hybridized carbons (Fsp3) is 0.0500. The Balaban J connectivity index is 1.75. The Labute approximate surface area is 153 Å². The number of fused-ring (bicyclic) bond motifs is 2. The molecular formula is C20H13ClN4O. The first-order valence-electron chi connectivity index (χ1n) is 8.19. The average Bonchev–Trinajstić information content (AvgIpc) is 3.30. The van der Waals surface area contributed by atoms with E-state index in [0.29, 0.717) is 28.8 Å². The summed E-state index contributed by atoms with van der Waals surface area (Å²) in [4.78, 5) is 14.1. The number of para-hydroxylation sites is 2. The number of hydrogen-bond donors (Lipinski definition) is 0. The van der Waals surface area contributed by atoms with Crippen molar-refractivity contribution in [2.75, 3.05) is 0 Å². The summed E-state index contributed by atoms with van der Waals surface area (Å²) in [5.74, 6) is 1.39. The molecule has 0 radical (unpaired) electrons. The number of imidazole rings is 1. The molecule has 6 heteroatoms. The first-order chi connectivity index (χ1) is 12.8. The Morgan fingerprint density at radius 2 is 1.62 bits per heavy atom. The van der Waals surface area contributed by atoms with Gasteiger partial charge in [0.25, 0.3) is 0 Å². The Morgan fingerprint density at radius 3 is 2.35 bits per heavy atom. The molecule has 3 heterocycles. The zero-order chi connectivity index (χ0) is 17.5. The highest BCUT2D eigenvalue weighted by Crippen LogP contribution is 2.26. The van der Waals surface area contributed by atoms with E-state index in [1.165, 1.54) is 0 Å². The van der Waals surface area contributed by atoms with Gasteiger partial charge in [0.1, 0.15) is 0 Å². The number of benzene rings is 2. The van der Waals surface area contributed by atoms with Crippen LogP contribution in [0.2, 0.25) is 5.02 Å². The molecule has 0 atom stereocenters. The highest BCUT2D eigenvalue weighted by Gasteiger charge is 2.18. The zero-order valence-corrected chi connectivity index (χ0v) is 14.4. The van der Waals surface area contributed by atoms with Gasteiger partial charge in [-0.15, -0.1) is 0 Å². The van der Waals surface area contributed by atoms with Crippen molar-refractivity contribution < 1.29 is 4.42 Å². The Hall–Kier alpha value is -3.18. The molecule has 5 aromatic rings. The van der Waals surface area contributed by atoms with E-state index in [4.69, 9.17) is 21.0 Å². The summed E-state index contributed by atoms with van der Waals surface area (Å²) in [6.07, 6.45) is 1.64. The molecular weight excluding hydrogens is 348 g/mol. The summed E-state index contributed by atoms with van der Waals surface area (Å²) in [6, 6.07) is 19.3. The lowest BCUT2D eigenvalue weighted by atomic mass is 10.2. The van der Waals surface area contributed by atoms with Crippen LogP contribution in [-0.2, 0) is 6.54 Å². The molecule has 0 bridgehead atoms. The van der Waals surface area contributed by atoms with Crippen LogP contribution < -0.4 is 0 Å². The third-order valence-electron chi connectivity index (χ3n) is 4.25. The van der Waals surface area contributed by atoms with Crippen LogP contribution in [0.1, 0.15) is 5.56 Å². The Kier molecular flexibility index (Phi) is 3.47. The topological polar surface area (TPSA) is 56.7 Å². The maximum atomic E-state index is 6.01. The lowest BCUT2D eigenvalue weighted by Crippen LogP contribution is -2.03. The second-order valence-corrected chi connectivity index (χ2v) is 6.42. The fourth-order valence-corrected chi connectivity index (χ4v) is 3.14. The summed E-state index contributed by atoms with van der Waals surface area (Å²) < 4.78 is 7.61. The monoisotopic (exact) mass is 360 g/mol. The van der Waals surface area contributed by atoms with Gasteiger partial charge in [-0.3, -0.25) is 0 Å². The highest BCUT2D eigenvalue weighted by atomic mass is 35.5. The van der Waals surface area contributed by atoms with Crippen molar-refractivity contribution in [1.82, 2.24) is 19.5 Å². The highest BCUT2D eigenvalue weighted by molar-refractivity contribution is 6.30. The number of nitrogens with zero attached hydrogens (tertiary/aromatic N) is 4. The predicted molar refractivity (Wildman–Crippen MR) is 101 cm³/mol. The van der Waals surface area contributed by atoms with E-state index in [0.717, 1.165) is 22.2 Å². The largest absolute Gasteiger partial charge is 0.461 e. The van der Waals surface area contributed by atoms with Crippen LogP contribution in [0.25, 0.3) is 33.9 Å². The number of furan rings is 1. The van der Waals surface area contributed by atoms with Gasteiger partial charge in [0.2, 0.25) is 0 Å². The molecule has 0 unspecified atom stereocenters. The summed E-state index contributed by atoms with van der Waals surface area (Å²) in [5.41, 5.74) is 4.08. The zero-order valence-electron chi connectivity index (χ0n) is 13.6. The SMILES string of the molecule is Clc1ccc(Cn2c(-c3ccco3)nc3nc4ccccc4nc32)cc1. The van der Waals surface area contributed by atoms with Crippen molar-refractivity contribution in [1.29, 1.82) is 0 Å². The lowest BCUT2D eigenvalue weighted by Gasteiger charge is -2.08. The van der Waals surface area contributed by atoms with Gasteiger partial charge >= 0.3 is 0 Å². The van der Waals surface area contributed by atoms with Gasteiger partial charge in [-0.1, -0.05) is 35.9 Å². The van der Waals surface area contributed by atoms with Crippen LogP contribution in [0.15, 0.2) is 71.3 Å². The Morgan fingerprint density at radius 1 is 0.846 bits per heavy atom. The normalized spacial score (nSPS) is 11.4. The molecule has 0 saturated carbocycles. The van der Waals surface area contributed by atoms with Gasteiger partial charge < -0.3 is 8.98 Å². The van der Waals surface area contributed by atoms with Crippen LogP contribution in [0, 0.1) is 0 Å². The van der Waals surface area contributed by atoms with Crippen LogP contribution >= 0.6 is 11.6 Å². The standard InChI is InChI=1S/C20H13ClN4O/c21-14-9-7-13(8-10-14)12-25-19(17-6-3-11-26-17)24-18-20(25)23-16-5-2-1-4-15(16)22-18/h1-11H,12H2. The summed E-state index contributed by atoms with van der Waals surface area (Å²) in [7, 11) is 0. The summed E-state index contributed by atoms with van der Waals surface area (Å²) in [6.45, 7) is 0.594. The number of aromatic nitrogens is 4. The molecule has 5 rings (SSSR count). The predicted octanol–water partition coefficient (Wildman–Crippen LogP) is 4.94. The van der Waals surface area contributed by atoms with Crippen molar-refractivity contribution in [3.8, 4) is 11.6 Å². The van der Waals surface area contributed by atoms with Gasteiger partial charge in [0.05, 0.1) is 23.8 Å². The van der Waals surface area contributed by atoms with E-state index in [-0.39, 0.29) is 0 Å². The van der Waals surface area contributed by atoms with Crippen LogP contribution in [0.5, 0.6) is 0 Å². The fourth-order valence-electron chi connectivity index (χ4n) is 3.01. The van der Waals surface area contributed by atoms with Crippen molar-refractivity contribution in [2.45, 2.75) is 6.54 Å². The molecule has 126 valence electrons. The lowest BCUT2D eigenvalue weighted by molar-refractivity contribution is 0.572. The molecule has 0 saturated heterocycles. The van der Waals surface area contributed by atoms with Crippen LogP contribution in [0.4, 0.5) is 0 Å². The van der Waals surface area contributed by atoms with Gasteiger partial charge in [-0.2, -0.15) is 0 Å². The van der Waals surface area contributed by atoms with Crippen LogP contribution in [0.3, 0.4) is 0 Å². The van der Waals surface area contributed by atoms with Crippen LogP contribution in [-0.4, -0.2) is 19.5 Å². The molecule has 0 spiro atoms. The first-order valence-corrected chi connectivity index (χ1v) is 8.57. The van der Waals surface area contributed by atoms with Gasteiger partial charge in [0, 0.05) is 5.02 Å². The molecule has 0 aliphatic heterocycles. The molecule has 26 heavy (non-hydrogen) atoms. The van der Waals surface area contributed by atoms with Crippen molar-refractivity contribution >= 4 is 33.9 Å². The number of hydrogen-bond acceptors (Lipinski definition) is 4. The second kappa shape index (κ2) is 5.97. The third-order valence-corrected chi connectivity index (χ3v) is 4.51. The van der Waals surface area contributed by atoms with Gasteiger partial charge in [-0.25, -0.2) is 15.0 Å². The molecule has 0 fully saturated rings. The second-order valence-electron chi connectivity index (χ2n) is 5.98. The van der Waals surface area contributed by atoms with E-state index in [1.807, 2.05) is 65.2 Å². The minimum atomic E-state index is 0.594. The Bertz CT molecular complexity index is 1210. The van der Waals surface area contributed by atoms with Crippen molar-refractivity contribution in [2.24, 2.45) is 0 Å². The van der Waals surface area contributed by atoms with E-state index >= 15 is 0 Å². The van der Waals surface area contributed by atoms with E-state index in [1.54, 1.807) is 6.26 Å². The number of halogens is 1. The van der Waals surface area contributed by atoms with Crippen molar-refractivity contribution in [3.05, 3.63) is 77.5 Å². The summed E-state index contributed by atoms with van der Waals surface area (Å²) in [5, 5.41) is 0.710. The quantitative estimate of drug-likeness (QED) is 0.457. The van der Waals surface area contributed by atoms with E-state index in [9.17, 15) is 0 Å². The molecule has 0 N–H and O–H groups in total. The van der Waals surface area contributed by atoms with Gasteiger partial charge in [0.15, 0.2) is 22.9 Å². The molecule has 0 amide bonds. The third kappa shape index (κ3) is 2.53. The van der Waals surface area contributed by atoms with E-state index < -0.39 is 0 Å². The van der Waals surface area contributed by atoms with E-state index in [2.05, 4.69) is 9.97 Å². The molecule has 5 nitrogen and oxygen atoms in total. The van der Waals surface area contributed by atoms with Crippen molar-refractivity contribution in [3.63, 3.8) is 0 Å².